The molecule has 0 aliphatic heterocycles. The van der Waals surface area contributed by atoms with Crippen LogP contribution in [0, 0.1) is 11.3 Å². The van der Waals surface area contributed by atoms with Crippen LogP contribution in [-0.2, 0) is 11.3 Å². The van der Waals surface area contributed by atoms with Gasteiger partial charge < -0.3 is 26.2 Å². The third-order valence-corrected chi connectivity index (χ3v) is 6.84. The maximum absolute atomic E-state index is 13.5. The number of aliphatic hydroxyl groups is 1. The molecule has 220 valence electrons. The molecular formula is C33H33N5O5. The third-order valence-electron chi connectivity index (χ3n) is 6.84. The third kappa shape index (κ3) is 7.69. The summed E-state index contributed by atoms with van der Waals surface area (Å²) in [6, 6.07) is 21.3. The highest BCUT2D eigenvalue weighted by atomic mass is 16.5. The van der Waals surface area contributed by atoms with Crippen LogP contribution in [-0.4, -0.2) is 46.4 Å². The first kappa shape index (κ1) is 30.6. The summed E-state index contributed by atoms with van der Waals surface area (Å²) >= 11 is 0. The number of esters is 1. The van der Waals surface area contributed by atoms with E-state index in [0.717, 1.165) is 5.56 Å². The highest BCUT2D eigenvalue weighted by Crippen LogP contribution is 2.29. The van der Waals surface area contributed by atoms with Crippen molar-refractivity contribution < 1.29 is 24.2 Å². The molecule has 0 spiro atoms. The number of nitrogens with one attached hydrogen (secondary N) is 3. The van der Waals surface area contributed by atoms with Crippen molar-refractivity contribution in [3.05, 3.63) is 119 Å². The second-order valence-electron chi connectivity index (χ2n) is 10.2. The number of nitrogen functional groups attached to an aromatic ring is 1. The molecule has 0 bridgehead atoms. The van der Waals surface area contributed by atoms with E-state index >= 15 is 0 Å². The number of carbonyl (C=O) groups excluding carboxylic acids is 3. The first-order chi connectivity index (χ1) is 20.7. The number of benzene rings is 3. The first-order valence-corrected chi connectivity index (χ1v) is 13.6. The van der Waals surface area contributed by atoms with Gasteiger partial charge in [0.05, 0.1) is 23.8 Å². The number of hydrogen-bond donors (Lipinski definition) is 5. The summed E-state index contributed by atoms with van der Waals surface area (Å²) in [5, 5.41) is 22.8. The number of pyridine rings is 1. The minimum absolute atomic E-state index is 0.00607. The molecule has 0 fully saturated rings. The van der Waals surface area contributed by atoms with Crippen LogP contribution in [0.1, 0.15) is 56.0 Å². The molecule has 0 aliphatic carbocycles. The van der Waals surface area contributed by atoms with Gasteiger partial charge >= 0.3 is 5.97 Å². The molecule has 10 nitrogen and oxygen atoms in total. The average molecular weight is 580 g/mol. The van der Waals surface area contributed by atoms with Gasteiger partial charge in [0.2, 0.25) is 0 Å². The fourth-order valence-electron chi connectivity index (χ4n) is 4.30. The van der Waals surface area contributed by atoms with Crippen LogP contribution in [0.15, 0.2) is 91.3 Å². The van der Waals surface area contributed by atoms with Crippen molar-refractivity contribution in [1.82, 2.24) is 10.3 Å². The average Bonchev–Trinajstić information content (AvgIpc) is 3.02. The lowest BCUT2D eigenvalue weighted by atomic mass is 9.94. The largest absolute Gasteiger partial charge is 0.457 e. The Balaban J connectivity index is 1.70. The molecule has 6 N–H and O–H groups in total. The first-order valence-electron chi connectivity index (χ1n) is 13.6. The zero-order chi connectivity index (χ0) is 30.9. The predicted octanol–water partition coefficient (Wildman–Crippen LogP) is 4.39. The summed E-state index contributed by atoms with van der Waals surface area (Å²) < 4.78 is 5.62. The van der Waals surface area contributed by atoms with Crippen LogP contribution in [0.4, 0.5) is 5.69 Å². The highest BCUT2D eigenvalue weighted by molar-refractivity contribution is 6.11. The summed E-state index contributed by atoms with van der Waals surface area (Å²) in [7, 11) is 0. The number of nitrogens with zero attached hydrogens (tertiary/aromatic N) is 1. The smallest absolute Gasteiger partial charge is 0.339 e. The Morgan fingerprint density at radius 1 is 0.907 bits per heavy atom. The van der Waals surface area contributed by atoms with Crippen molar-refractivity contribution in [2.45, 2.75) is 26.5 Å². The Kier molecular flexibility index (Phi) is 9.98. The van der Waals surface area contributed by atoms with E-state index in [1.807, 2.05) is 44.2 Å². The number of hydrogen-bond acceptors (Lipinski definition) is 7. The van der Waals surface area contributed by atoms with Gasteiger partial charge in [-0.1, -0.05) is 50.2 Å². The lowest BCUT2D eigenvalue weighted by molar-refractivity contribution is 0.0473. The fraction of sp³-hybridized carbons (Fsp3) is 0.182. The van der Waals surface area contributed by atoms with Gasteiger partial charge in [0, 0.05) is 34.8 Å². The summed E-state index contributed by atoms with van der Waals surface area (Å²) in [6.45, 7) is 3.53. The minimum Gasteiger partial charge on any atom is -0.457 e. The molecule has 2 amide bonds. The van der Waals surface area contributed by atoms with Crippen molar-refractivity contribution in [2.24, 2.45) is 11.7 Å². The normalized spacial score (nSPS) is 11.4. The van der Waals surface area contributed by atoms with Crippen LogP contribution >= 0.6 is 0 Å². The van der Waals surface area contributed by atoms with E-state index in [2.05, 4.69) is 15.6 Å². The summed E-state index contributed by atoms with van der Waals surface area (Å²) in [5.74, 6) is -1.71. The molecule has 0 saturated heterocycles. The molecule has 0 saturated carbocycles. The van der Waals surface area contributed by atoms with E-state index in [0.29, 0.717) is 22.4 Å². The van der Waals surface area contributed by atoms with Gasteiger partial charge in [-0.15, -0.1) is 0 Å². The van der Waals surface area contributed by atoms with Crippen molar-refractivity contribution >= 4 is 29.3 Å². The highest BCUT2D eigenvalue weighted by Gasteiger charge is 2.23. The lowest BCUT2D eigenvalue weighted by Gasteiger charge is -2.20. The Bertz CT molecular complexity index is 1620. The fourth-order valence-corrected chi connectivity index (χ4v) is 4.30. The van der Waals surface area contributed by atoms with E-state index in [1.165, 1.54) is 24.5 Å². The minimum atomic E-state index is -0.689. The summed E-state index contributed by atoms with van der Waals surface area (Å²) in [6.07, 6.45) is 2.94. The van der Waals surface area contributed by atoms with Crippen LogP contribution in [0.5, 0.6) is 0 Å². The van der Waals surface area contributed by atoms with Gasteiger partial charge in [-0.2, -0.15) is 0 Å². The van der Waals surface area contributed by atoms with Crippen LogP contribution in [0.25, 0.3) is 11.1 Å². The topological polar surface area (TPSA) is 167 Å². The Morgan fingerprint density at radius 3 is 2.26 bits per heavy atom. The maximum Gasteiger partial charge on any atom is 0.339 e. The van der Waals surface area contributed by atoms with E-state index in [4.69, 9.17) is 15.9 Å². The molecular weight excluding hydrogens is 546 g/mol. The quantitative estimate of drug-likeness (QED) is 0.0998. The number of carbonyl (C=O) groups is 3. The van der Waals surface area contributed by atoms with E-state index in [1.54, 1.807) is 36.4 Å². The second kappa shape index (κ2) is 14.0. The molecule has 1 aromatic heterocycles. The second-order valence-corrected chi connectivity index (χ2v) is 10.2. The number of aliphatic hydroxyl groups excluding tert-OH is 1. The molecule has 4 aromatic rings. The van der Waals surface area contributed by atoms with Crippen LogP contribution < -0.4 is 16.4 Å². The Labute approximate surface area is 249 Å². The van der Waals surface area contributed by atoms with Crippen molar-refractivity contribution in [3.63, 3.8) is 0 Å². The standard InChI is InChI=1S/C33H33N5O5/c1-20(2)29(18-39)38-31(40)23-10-13-25(27(16-23)33(42)43-19-21-6-4-3-5-7-21)28-17-36-15-14-26(28)32(41)37-24-11-8-22(9-12-24)30(34)35/h3-17,20,29,39H,18-19H2,1-2H3,(H3,34,35)(H,37,41)(H,38,40). The number of aromatic nitrogens is 1. The Hall–Kier alpha value is -5.35. The number of rotatable bonds is 11. The SMILES string of the molecule is CC(C)C(CO)NC(=O)c1ccc(-c2cnccc2C(=O)Nc2ccc(C(=N)N)cc2)c(C(=O)OCc2ccccc2)c1. The monoisotopic (exact) mass is 579 g/mol. The molecule has 4 rings (SSSR count). The van der Waals surface area contributed by atoms with Crippen LogP contribution in [0.3, 0.4) is 0 Å². The van der Waals surface area contributed by atoms with Crippen molar-refractivity contribution in [3.8, 4) is 11.1 Å². The van der Waals surface area contributed by atoms with Gasteiger partial charge in [0.25, 0.3) is 11.8 Å². The van der Waals surface area contributed by atoms with Crippen LogP contribution in [0.2, 0.25) is 0 Å². The molecule has 0 aliphatic rings. The molecule has 1 unspecified atom stereocenters. The lowest BCUT2D eigenvalue weighted by Crippen LogP contribution is -2.41. The number of nitrogens with two attached hydrogens (primary N) is 1. The van der Waals surface area contributed by atoms with E-state index < -0.39 is 23.8 Å². The zero-order valence-corrected chi connectivity index (χ0v) is 23.8. The molecule has 3 aromatic carbocycles. The van der Waals surface area contributed by atoms with Gasteiger partial charge in [-0.25, -0.2) is 4.79 Å². The molecule has 43 heavy (non-hydrogen) atoms. The number of anilines is 1. The van der Waals surface area contributed by atoms with Gasteiger partial charge in [0.15, 0.2) is 0 Å². The number of ether oxygens (including phenoxy) is 1. The molecule has 1 heterocycles. The number of amides is 2. The van der Waals surface area contributed by atoms with Gasteiger partial charge in [0.1, 0.15) is 12.4 Å². The summed E-state index contributed by atoms with van der Waals surface area (Å²) in [5.41, 5.74) is 8.51. The van der Waals surface area contributed by atoms with Gasteiger partial charge in [-0.05, 0) is 59.5 Å². The summed E-state index contributed by atoms with van der Waals surface area (Å²) in [4.78, 5) is 44.2. The van der Waals surface area contributed by atoms with E-state index in [9.17, 15) is 19.5 Å². The van der Waals surface area contributed by atoms with Crippen molar-refractivity contribution in [2.75, 3.05) is 11.9 Å². The zero-order valence-electron chi connectivity index (χ0n) is 23.8. The van der Waals surface area contributed by atoms with Crippen molar-refractivity contribution in [1.29, 1.82) is 5.41 Å². The van der Waals surface area contributed by atoms with Gasteiger partial charge in [-0.3, -0.25) is 20.0 Å². The number of amidine groups is 1. The molecule has 10 heteroatoms. The predicted molar refractivity (Wildman–Crippen MR) is 164 cm³/mol. The Morgan fingerprint density at radius 2 is 1.60 bits per heavy atom. The van der Waals surface area contributed by atoms with E-state index in [-0.39, 0.29) is 41.7 Å². The maximum atomic E-state index is 13.5. The molecule has 0 radical (unpaired) electrons. The molecule has 1 atom stereocenters.